The summed E-state index contributed by atoms with van der Waals surface area (Å²) in [6.45, 7) is 9.80. The average molecular weight is 655 g/mol. The molecule has 2 atom stereocenters. The Morgan fingerprint density at radius 1 is 1.16 bits per heavy atom. The summed E-state index contributed by atoms with van der Waals surface area (Å²) in [6.07, 6.45) is 1.57. The summed E-state index contributed by atoms with van der Waals surface area (Å²) in [5, 5.41) is 6.36. The van der Waals surface area contributed by atoms with E-state index in [-0.39, 0.29) is 39.5 Å². The maximum atomic E-state index is 13.7. The van der Waals surface area contributed by atoms with Crippen molar-refractivity contribution in [2.24, 2.45) is 5.41 Å². The Hall–Kier alpha value is -2.33. The first-order chi connectivity index (χ1) is 20.7. The van der Waals surface area contributed by atoms with E-state index in [1.54, 1.807) is 10.5 Å². The fourth-order valence-electron chi connectivity index (χ4n) is 6.60. The lowest BCUT2D eigenvalue weighted by Gasteiger charge is -2.43. The second-order valence-electron chi connectivity index (χ2n) is 13.4. The van der Waals surface area contributed by atoms with Gasteiger partial charge in [-0.15, -0.1) is 10.2 Å². The molecule has 240 valence electrons. The zero-order valence-electron chi connectivity index (χ0n) is 25.1. The number of nitrogens with one attached hydrogen (secondary N) is 1. The number of hydrogen-bond donors (Lipinski definition) is 1. The number of alkyl halides is 3. The van der Waals surface area contributed by atoms with Crippen molar-refractivity contribution in [3.8, 4) is 10.7 Å². The van der Waals surface area contributed by atoms with Gasteiger partial charge in [0, 0.05) is 36.2 Å². The second kappa shape index (κ2) is 10.3. The van der Waals surface area contributed by atoms with Crippen LogP contribution in [-0.2, 0) is 25.7 Å². The van der Waals surface area contributed by atoms with Crippen LogP contribution in [0.3, 0.4) is 0 Å². The van der Waals surface area contributed by atoms with E-state index in [4.69, 9.17) is 14.5 Å². The minimum Gasteiger partial charge on any atom is -0.375 e. The van der Waals surface area contributed by atoms with Gasteiger partial charge in [-0.1, -0.05) is 11.3 Å². The molecule has 4 fully saturated rings. The Balaban J connectivity index is 1.33. The van der Waals surface area contributed by atoms with Crippen molar-refractivity contribution in [1.29, 1.82) is 0 Å². The van der Waals surface area contributed by atoms with Gasteiger partial charge in [0.2, 0.25) is 15.0 Å². The summed E-state index contributed by atoms with van der Waals surface area (Å²) < 4.78 is 84.9. The zero-order valence-corrected chi connectivity index (χ0v) is 26.8. The van der Waals surface area contributed by atoms with Crippen molar-refractivity contribution >= 4 is 32.7 Å². The molecule has 0 amide bonds. The highest BCUT2D eigenvalue weighted by atomic mass is 32.2. The number of rotatable bonds is 8. The van der Waals surface area contributed by atoms with E-state index in [9.17, 15) is 21.6 Å². The highest BCUT2D eigenvalue weighted by Crippen LogP contribution is 2.49. The van der Waals surface area contributed by atoms with Gasteiger partial charge in [0.1, 0.15) is 10.6 Å². The van der Waals surface area contributed by atoms with Gasteiger partial charge in [-0.05, 0) is 72.3 Å². The molecule has 15 heteroatoms. The summed E-state index contributed by atoms with van der Waals surface area (Å²) in [5.74, 6) is 0.0650. The summed E-state index contributed by atoms with van der Waals surface area (Å²) in [7, 11) is -3.95. The van der Waals surface area contributed by atoms with Crippen LogP contribution in [0.4, 0.5) is 18.9 Å². The number of pyridine rings is 1. The number of anilines is 1. The minimum atomic E-state index is -4.64. The number of sulfonamides is 1. The highest BCUT2D eigenvalue weighted by molar-refractivity contribution is 7.89. The molecule has 0 radical (unpaired) electrons. The van der Waals surface area contributed by atoms with Crippen LogP contribution in [0.15, 0.2) is 17.2 Å². The molecule has 3 aromatic rings. The quantitative estimate of drug-likeness (QED) is 0.345. The van der Waals surface area contributed by atoms with Crippen molar-refractivity contribution in [3.63, 3.8) is 0 Å². The third kappa shape index (κ3) is 5.41. The predicted molar refractivity (Wildman–Crippen MR) is 158 cm³/mol. The number of aromatic nitrogens is 4. The lowest BCUT2D eigenvalue weighted by atomic mass is 9.74. The molecule has 5 heterocycles. The molecular weight excluding hydrogens is 617 g/mol. The minimum absolute atomic E-state index is 0.0246. The molecule has 1 N–H and O–H groups in total. The van der Waals surface area contributed by atoms with Crippen molar-refractivity contribution in [2.45, 2.75) is 107 Å². The summed E-state index contributed by atoms with van der Waals surface area (Å²) >= 11 is 0.450. The van der Waals surface area contributed by atoms with Crippen LogP contribution in [0.2, 0.25) is 0 Å². The van der Waals surface area contributed by atoms with Crippen molar-refractivity contribution in [3.05, 3.63) is 23.0 Å². The van der Waals surface area contributed by atoms with Gasteiger partial charge < -0.3 is 14.4 Å². The largest absolute Gasteiger partial charge is 0.445 e. The maximum Gasteiger partial charge on any atom is 0.445 e. The number of nitrogens with zero attached hydrogens (tertiary/aromatic N) is 5. The number of imidazole rings is 1. The molecule has 7 rings (SSSR count). The van der Waals surface area contributed by atoms with Gasteiger partial charge in [-0.2, -0.15) is 13.2 Å². The van der Waals surface area contributed by atoms with Crippen LogP contribution < -0.4 is 9.62 Å². The molecule has 44 heavy (non-hydrogen) atoms. The Labute approximate surface area is 258 Å². The third-order valence-corrected chi connectivity index (χ3v) is 12.0. The van der Waals surface area contributed by atoms with E-state index in [0.29, 0.717) is 53.8 Å². The predicted octanol–water partition coefficient (Wildman–Crippen LogP) is 5.38. The third-order valence-electron chi connectivity index (χ3n) is 9.41. The Morgan fingerprint density at radius 2 is 1.86 bits per heavy atom. The Morgan fingerprint density at radius 3 is 2.45 bits per heavy atom. The van der Waals surface area contributed by atoms with Gasteiger partial charge in [0.05, 0.1) is 36.3 Å². The fraction of sp³-hybridized carbons (Fsp3) is 0.690. The zero-order chi connectivity index (χ0) is 31.2. The van der Waals surface area contributed by atoms with Crippen molar-refractivity contribution in [1.82, 2.24) is 24.3 Å². The number of fused-ring (bicyclic) bond motifs is 1. The van der Waals surface area contributed by atoms with Crippen LogP contribution in [0.5, 0.6) is 0 Å². The van der Waals surface area contributed by atoms with Crippen LogP contribution in [0, 0.1) is 5.41 Å². The van der Waals surface area contributed by atoms with Crippen LogP contribution in [-0.4, -0.2) is 71.5 Å². The molecule has 2 saturated carbocycles. The molecular formula is C29H37F3N6O4S2. The molecule has 0 aromatic carbocycles. The van der Waals surface area contributed by atoms with Crippen LogP contribution in [0.25, 0.3) is 16.3 Å². The smallest absolute Gasteiger partial charge is 0.375 e. The van der Waals surface area contributed by atoms with Crippen molar-refractivity contribution in [2.75, 3.05) is 24.6 Å². The normalized spacial score (nSPS) is 25.0. The number of hydrogen-bond acceptors (Lipinski definition) is 9. The van der Waals surface area contributed by atoms with Gasteiger partial charge in [0.25, 0.3) is 0 Å². The monoisotopic (exact) mass is 654 g/mol. The topological polar surface area (TPSA) is 111 Å². The first-order valence-electron chi connectivity index (χ1n) is 15.2. The molecule has 1 spiro atoms. The molecule has 2 aliphatic heterocycles. The lowest BCUT2D eigenvalue weighted by Crippen LogP contribution is -2.48. The number of ether oxygens (including phenoxy) is 2. The highest BCUT2D eigenvalue weighted by Gasteiger charge is 2.51. The van der Waals surface area contributed by atoms with Crippen molar-refractivity contribution < 1.29 is 31.1 Å². The van der Waals surface area contributed by atoms with E-state index < -0.39 is 26.7 Å². The molecule has 4 aliphatic rings. The summed E-state index contributed by atoms with van der Waals surface area (Å²) in [4.78, 5) is 7.15. The van der Waals surface area contributed by atoms with Gasteiger partial charge in [0.15, 0.2) is 10.7 Å². The summed E-state index contributed by atoms with van der Waals surface area (Å²) in [5.41, 5.74) is 1.49. The Kier molecular flexibility index (Phi) is 7.13. The Bertz CT molecular complexity index is 1690. The van der Waals surface area contributed by atoms with E-state index in [1.165, 1.54) is 6.20 Å². The summed E-state index contributed by atoms with van der Waals surface area (Å²) in [6, 6.07) is 1.66. The lowest BCUT2D eigenvalue weighted by molar-refractivity contribution is -0.138. The van der Waals surface area contributed by atoms with Crippen LogP contribution >= 0.6 is 11.3 Å². The fourth-order valence-corrected chi connectivity index (χ4v) is 8.84. The van der Waals surface area contributed by atoms with Gasteiger partial charge in [-0.3, -0.25) is 4.40 Å². The molecule has 2 saturated heterocycles. The average Bonchev–Trinajstić information content (AvgIpc) is 3.79. The SMILES string of the molecule is CC(C)OC1[C@H](C)OCC12CCN(c1cc(S(=O)(=O)NC3(C)CC3)cn3c(-c4nnc(C(F)(F)F)s4)c(C4CC4)nc13)CC2. The molecule has 0 bridgehead atoms. The maximum absolute atomic E-state index is 13.7. The molecule has 10 nitrogen and oxygen atoms in total. The van der Waals surface area contributed by atoms with E-state index in [1.807, 2.05) is 27.7 Å². The standard InChI is InChI=1S/C29H37F3N6O4S2/c1-16(2)42-23-17(3)41-15-28(23)9-11-37(12-10-28)20-13-19(44(39,40)36-27(4)7-8-27)14-38-22(21(18-5-6-18)33-24(20)38)25-34-35-26(43-25)29(30,31)32/h13-14,16-18,23,36H,5-12,15H2,1-4H3/t17-,23?/m0/s1. The second-order valence-corrected chi connectivity index (χ2v) is 16.1. The first-order valence-corrected chi connectivity index (χ1v) is 17.5. The number of halogens is 3. The van der Waals surface area contributed by atoms with E-state index in [2.05, 4.69) is 19.8 Å². The molecule has 3 aromatic heterocycles. The van der Waals surface area contributed by atoms with E-state index in [0.717, 1.165) is 38.5 Å². The van der Waals surface area contributed by atoms with Gasteiger partial charge >= 0.3 is 6.18 Å². The van der Waals surface area contributed by atoms with Gasteiger partial charge in [-0.25, -0.2) is 18.1 Å². The molecule has 2 aliphatic carbocycles. The first kappa shape index (κ1) is 30.3. The number of piperidine rings is 1. The van der Waals surface area contributed by atoms with E-state index >= 15 is 0 Å². The molecule has 1 unspecified atom stereocenters. The van der Waals surface area contributed by atoms with Crippen LogP contribution in [0.1, 0.15) is 82.8 Å².